The number of carboxylic acids is 1. The minimum Gasteiger partial charge on any atom is -0.481 e. The van der Waals surface area contributed by atoms with E-state index in [4.69, 9.17) is 22.3 Å². The molecule has 4 aliphatic heterocycles. The van der Waals surface area contributed by atoms with Crippen LogP contribution in [-0.4, -0.2) is 264 Å². The molecule has 24 N–H and O–H groups in total. The van der Waals surface area contributed by atoms with E-state index in [1.807, 2.05) is 12.1 Å². The summed E-state index contributed by atoms with van der Waals surface area (Å²) in [6, 6.07) is 3.04. The van der Waals surface area contributed by atoms with E-state index in [0.29, 0.717) is 27.6 Å². The molecule has 14 amide bonds. The van der Waals surface area contributed by atoms with E-state index in [-0.39, 0.29) is 115 Å². The van der Waals surface area contributed by atoms with Gasteiger partial charge in [-0.25, -0.2) is 4.98 Å². The summed E-state index contributed by atoms with van der Waals surface area (Å²) in [5.74, 6) is -17.9. The van der Waals surface area contributed by atoms with Crippen LogP contribution in [0.4, 0.5) is 0 Å². The van der Waals surface area contributed by atoms with E-state index in [2.05, 4.69) is 89.4 Å². The third-order valence-corrected chi connectivity index (χ3v) is 23.6. The Morgan fingerprint density at radius 1 is 0.529 bits per heavy atom. The zero-order valence-corrected chi connectivity index (χ0v) is 68.8. The fourth-order valence-electron chi connectivity index (χ4n) is 14.5. The first-order chi connectivity index (χ1) is 57.9. The predicted octanol–water partition coefficient (Wildman–Crippen LogP) is -3.57. The molecule has 4 saturated heterocycles. The lowest BCUT2D eigenvalue weighted by molar-refractivity contribution is -0.144. The first-order valence-corrected chi connectivity index (χ1v) is 42.6. The number of aliphatic carboxylic acids is 1. The van der Waals surface area contributed by atoms with Gasteiger partial charge in [0.05, 0.1) is 25.4 Å². The van der Waals surface area contributed by atoms with Crippen LogP contribution >= 0.6 is 21.6 Å². The molecule has 6 heterocycles. The highest BCUT2D eigenvalue weighted by molar-refractivity contribution is 8.76. The average Bonchev–Trinajstić information content (AvgIpc) is 1.67. The average molecular weight is 1720 g/mol. The van der Waals surface area contributed by atoms with E-state index < -0.39 is 216 Å². The summed E-state index contributed by atoms with van der Waals surface area (Å²) in [6.07, 6.45) is 0.782. The smallest absolute Gasteiger partial charge is 0.305 e. The summed E-state index contributed by atoms with van der Waals surface area (Å²) in [6.45, 7) is 3.46. The van der Waals surface area contributed by atoms with Crippen molar-refractivity contribution in [3.05, 3.63) is 126 Å². The minimum absolute atomic E-state index is 0.00134. The van der Waals surface area contributed by atoms with Gasteiger partial charge in [-0.1, -0.05) is 121 Å². The molecule has 0 unspecified atom stereocenters. The van der Waals surface area contributed by atoms with E-state index in [1.54, 1.807) is 92.8 Å². The van der Waals surface area contributed by atoms with Crippen LogP contribution in [0.1, 0.15) is 107 Å². The van der Waals surface area contributed by atoms with Crippen molar-refractivity contribution in [2.45, 2.75) is 195 Å². The zero-order chi connectivity index (χ0) is 87.4. The van der Waals surface area contributed by atoms with E-state index in [1.165, 1.54) is 22.3 Å². The molecule has 15 atom stereocenters. The number of rotatable bonds is 21. The van der Waals surface area contributed by atoms with Gasteiger partial charge in [0.2, 0.25) is 82.7 Å². The summed E-state index contributed by atoms with van der Waals surface area (Å²) in [7, 11) is 1.67. The Hall–Kier alpha value is -12.3. The molecule has 9 rings (SSSR count). The summed E-state index contributed by atoms with van der Waals surface area (Å²) in [5.41, 5.74) is 13.8. The van der Waals surface area contributed by atoms with Gasteiger partial charge in [-0.2, -0.15) is 0 Å². The van der Waals surface area contributed by atoms with Gasteiger partial charge in [-0.3, -0.25) is 82.7 Å². The molecule has 121 heavy (non-hydrogen) atoms. The Morgan fingerprint density at radius 3 is 1.55 bits per heavy atom. The van der Waals surface area contributed by atoms with Crippen LogP contribution in [0.3, 0.4) is 0 Å². The van der Waals surface area contributed by atoms with Gasteiger partial charge >= 0.3 is 5.97 Å². The van der Waals surface area contributed by atoms with Gasteiger partial charge < -0.3 is 116 Å². The highest BCUT2D eigenvalue weighted by atomic mass is 33.1. The lowest BCUT2D eigenvalue weighted by Crippen LogP contribution is -2.62. The van der Waals surface area contributed by atoms with Gasteiger partial charge in [-0.15, -0.1) is 0 Å². The molecule has 2 aromatic heterocycles. The number of nitrogens with one attached hydrogen (secondary N) is 18. The van der Waals surface area contributed by atoms with Crippen LogP contribution in [0.25, 0.3) is 10.9 Å². The van der Waals surface area contributed by atoms with E-state index in [0.717, 1.165) is 28.5 Å². The monoisotopic (exact) mass is 1710 g/mol. The lowest BCUT2D eigenvalue weighted by atomic mass is 9.97. The van der Waals surface area contributed by atoms with Gasteiger partial charge in [0.25, 0.3) is 0 Å². The van der Waals surface area contributed by atoms with Crippen LogP contribution < -0.4 is 85.9 Å². The predicted molar refractivity (Wildman–Crippen MR) is 445 cm³/mol. The second kappa shape index (κ2) is 45.2. The third kappa shape index (κ3) is 27.1. The fraction of sp³-hybridized carbons (Fsp3) is 0.494. The lowest BCUT2D eigenvalue weighted by Gasteiger charge is -2.32. The number of aromatic amines is 2. The van der Waals surface area contributed by atoms with Crippen LogP contribution in [0.5, 0.6) is 0 Å². The Balaban J connectivity index is 1.17. The van der Waals surface area contributed by atoms with Crippen LogP contribution in [-0.2, 0) is 97.6 Å². The molecular weight excluding hydrogens is 1610 g/mol. The number of amides is 14. The number of nitrogens with two attached hydrogens (primary N) is 2. The standard InChI is InChI=1S/C79H107N23O17S2/c1-4-42(2)63-74(116)98-57-39-120-121-40-58(97-66(108)50(23-13-27-85-78(80)81)90-61(104)38-88-65(107)54(35-62(105)106)93-72(114)59-25-15-29-101(59)76(118)55(95-70(57)112)32-45-19-9-6-10-20-45)71(113)100-64(43(3)103)75(117)94-53(34-47-37-84-41-89-47)69(111)92-52(31-44-17-7-5-8-18-44)68(110)91-51(24-14-28-86-79(82)83)67(109)96-56(33-46-36-87-49-22-12-11-21-48(46)49)77(119)102-30-16-26-60(102)73(115)99-63/h5-12,17-22,36-37,41-43,50-60,63-64,87,103H,4,13-16,23-35,38-40H2,1-3H3,(H,84,89)(H,88,107)(H,90,104)(H,91,110)(H,92,111)(H,93,114)(H,94,117)(H,95,112)(H,96,109)(H,97,108)(H,98,116)(H,99,115)(H,100,113)(H,105,106)(H4,80,81,85)(H4,82,83,86)/t42-,43+,50-,51-,52+,53-,54-,55-,56-,57-,58-,59-,60-,63-,64-/m0/s1. The number of aliphatic hydroxyl groups excluding tert-OH is 1. The van der Waals surface area contributed by atoms with Crippen LogP contribution in [0.2, 0.25) is 0 Å². The van der Waals surface area contributed by atoms with Crippen LogP contribution in [0, 0.1) is 16.7 Å². The van der Waals surface area contributed by atoms with Crippen molar-refractivity contribution < 1.29 is 82.1 Å². The summed E-state index contributed by atoms with van der Waals surface area (Å²) in [4.78, 5) is 236. The molecule has 0 aliphatic carbocycles. The number of nitrogens with zero attached hydrogens (tertiary/aromatic N) is 3. The number of imidazole rings is 1. The number of aliphatic hydroxyl groups is 1. The molecule has 0 spiro atoms. The van der Waals surface area contributed by atoms with Crippen molar-refractivity contribution in [1.82, 2.24) is 99.2 Å². The number of hydrogen-bond acceptors (Lipinski definition) is 21. The molecule has 0 radical (unpaired) electrons. The second-order valence-corrected chi connectivity index (χ2v) is 32.7. The second-order valence-electron chi connectivity index (χ2n) is 30.2. The molecule has 42 heteroatoms. The quantitative estimate of drug-likeness (QED) is 0.0146. The van der Waals surface area contributed by atoms with Gasteiger partial charge in [0.1, 0.15) is 78.5 Å². The first kappa shape index (κ1) is 92.5. The molecule has 0 saturated carbocycles. The number of fused-ring (bicyclic) bond motifs is 8. The molecule has 4 fully saturated rings. The van der Waals surface area contributed by atoms with Crippen molar-refractivity contribution in [1.29, 1.82) is 10.8 Å². The Bertz CT molecular complexity index is 4530. The summed E-state index contributed by atoms with van der Waals surface area (Å²) < 4.78 is 0. The molecule has 652 valence electrons. The van der Waals surface area contributed by atoms with Crippen molar-refractivity contribution in [3.63, 3.8) is 0 Å². The topological polar surface area (TPSA) is 616 Å². The first-order valence-electron chi connectivity index (χ1n) is 40.1. The fourth-order valence-corrected chi connectivity index (χ4v) is 16.9. The van der Waals surface area contributed by atoms with Crippen molar-refractivity contribution in [2.75, 3.05) is 44.2 Å². The number of benzene rings is 3. The Kier molecular flexibility index (Phi) is 34.5. The maximum atomic E-state index is 15.7. The molecule has 2 bridgehead atoms. The largest absolute Gasteiger partial charge is 0.481 e. The molecular formula is C79H107N23O17S2. The van der Waals surface area contributed by atoms with Gasteiger partial charge in [0.15, 0.2) is 11.9 Å². The van der Waals surface area contributed by atoms with Crippen molar-refractivity contribution in [2.24, 2.45) is 17.4 Å². The third-order valence-electron chi connectivity index (χ3n) is 21.2. The zero-order valence-electron chi connectivity index (χ0n) is 67.2. The number of hydrogen-bond donors (Lipinski definition) is 22. The molecule has 4 aliphatic rings. The highest BCUT2D eigenvalue weighted by Gasteiger charge is 2.45. The number of aromatic nitrogens is 3. The number of H-pyrrole nitrogens is 2. The number of carbonyl (C=O) groups excluding carboxylic acids is 14. The number of carboxylic acid groups (broad SMARTS) is 1. The Labute approximate surface area is 704 Å². The van der Waals surface area contributed by atoms with E-state index in [9.17, 15) is 34.2 Å². The molecule has 5 aromatic rings. The van der Waals surface area contributed by atoms with Crippen molar-refractivity contribution in [3.8, 4) is 0 Å². The molecule has 40 nitrogen and oxygen atoms in total. The Morgan fingerprint density at radius 2 is 0.992 bits per heavy atom. The van der Waals surface area contributed by atoms with Crippen LogP contribution in [0.15, 0.2) is 104 Å². The van der Waals surface area contributed by atoms with E-state index >= 15 is 47.9 Å². The number of carbonyl (C=O) groups is 15. The minimum atomic E-state index is -2.01. The normalized spacial score (nSPS) is 25.4. The molecule has 3 aromatic carbocycles. The number of para-hydroxylation sites is 1. The summed E-state index contributed by atoms with van der Waals surface area (Å²) >= 11 is 0. The summed E-state index contributed by atoms with van der Waals surface area (Å²) in [5, 5.41) is 74.8. The maximum Gasteiger partial charge on any atom is 0.305 e. The van der Waals surface area contributed by atoms with Gasteiger partial charge in [-0.05, 0) is 87.0 Å². The highest BCUT2D eigenvalue weighted by Crippen LogP contribution is 2.28. The maximum absolute atomic E-state index is 15.7. The number of guanidine groups is 2. The van der Waals surface area contributed by atoms with Gasteiger partial charge in [0, 0.05) is 92.4 Å². The van der Waals surface area contributed by atoms with Crippen molar-refractivity contribution >= 4 is 133 Å². The SMILES string of the molecule is CC[C@H](C)[C@@H]1NC(=O)[C@@H]2CCCN2C(=O)[C@H](Cc2c[nH]c3ccccc23)NC(=O)[C@H](CCCNC(=N)N)NC(=O)[C@@H](Cc2ccccc2)NC(=O)[C@H](Cc2cnc[nH]2)NC(=O)[C@H]([C@@H](C)O)NC(=O)[C@@H]2CSSC[C@H](NC1=O)C(=O)N[C@@H](Cc1ccccc1)C(=O)N1CCC[C@H]1C(=O)N[C@@H](CC(=O)O)C(=O)NCC(=O)N[C@@H](CCCNC(=N)N)C(=O)N2.